The first-order valence-corrected chi connectivity index (χ1v) is 7.62. The molecule has 6 heteroatoms. The molecule has 0 nitrogen and oxygen atoms in total. The van der Waals surface area contributed by atoms with E-state index in [0.717, 1.165) is 18.2 Å². The molecule has 0 spiro atoms. The molecule has 0 heterocycles. The number of hydrogen-bond acceptors (Lipinski definition) is 0. The van der Waals surface area contributed by atoms with Crippen LogP contribution in [0.15, 0.2) is 36.4 Å². The summed E-state index contributed by atoms with van der Waals surface area (Å²) in [5.41, 5.74) is -3.83. The first-order chi connectivity index (χ1) is 11.3. The molecule has 1 atom stereocenters. The molecule has 0 aliphatic heterocycles. The lowest BCUT2D eigenvalue weighted by Crippen LogP contribution is -2.53. The van der Waals surface area contributed by atoms with Crippen molar-refractivity contribution in [2.45, 2.75) is 45.5 Å². The second-order valence-electron chi connectivity index (χ2n) is 6.28. The molecular weight excluding hydrogens is 342 g/mol. The van der Waals surface area contributed by atoms with Crippen molar-refractivity contribution in [3.63, 3.8) is 0 Å². The Morgan fingerprint density at radius 2 is 1.28 bits per heavy atom. The fourth-order valence-corrected chi connectivity index (χ4v) is 2.78. The summed E-state index contributed by atoms with van der Waals surface area (Å²) in [6, 6.07) is 7.18. The predicted octanol–water partition coefficient (Wildman–Crippen LogP) is 6.33. The highest BCUT2D eigenvalue weighted by molar-refractivity contribution is 5.48. The summed E-state index contributed by atoms with van der Waals surface area (Å²) in [5.74, 6) is -5.60. The van der Waals surface area contributed by atoms with Crippen molar-refractivity contribution in [1.82, 2.24) is 0 Å². The number of aryl methyl sites for hydroxylation is 3. The lowest BCUT2D eigenvalue weighted by atomic mass is 9.78. The van der Waals surface area contributed by atoms with Crippen molar-refractivity contribution in [2.75, 3.05) is 0 Å². The molecule has 0 aliphatic carbocycles. The Balaban J connectivity index is 2.89. The van der Waals surface area contributed by atoms with Gasteiger partial charge in [0.2, 0.25) is 5.67 Å². The number of halogens is 6. The molecule has 0 aromatic heterocycles. The highest BCUT2D eigenvalue weighted by Gasteiger charge is 2.72. The average Bonchev–Trinajstić information content (AvgIpc) is 2.50. The van der Waals surface area contributed by atoms with Gasteiger partial charge in [-0.3, -0.25) is 0 Å². The van der Waals surface area contributed by atoms with E-state index in [-0.39, 0.29) is 5.56 Å². The van der Waals surface area contributed by atoms with Crippen LogP contribution in [-0.4, -0.2) is 12.1 Å². The van der Waals surface area contributed by atoms with E-state index in [1.165, 1.54) is 39.0 Å². The third-order valence-corrected chi connectivity index (χ3v) is 4.67. The minimum absolute atomic E-state index is 0.0622. The lowest BCUT2D eigenvalue weighted by molar-refractivity contribution is -0.323. The van der Waals surface area contributed by atoms with Gasteiger partial charge >= 0.3 is 12.1 Å². The van der Waals surface area contributed by atoms with Crippen molar-refractivity contribution in [3.05, 3.63) is 69.8 Å². The van der Waals surface area contributed by atoms with Crippen LogP contribution in [0.2, 0.25) is 0 Å². The zero-order valence-electron chi connectivity index (χ0n) is 14.2. The van der Waals surface area contributed by atoms with Gasteiger partial charge in [-0.05, 0) is 49.9 Å². The topological polar surface area (TPSA) is 0 Å². The van der Waals surface area contributed by atoms with E-state index in [1.807, 2.05) is 0 Å². The molecule has 25 heavy (non-hydrogen) atoms. The van der Waals surface area contributed by atoms with Crippen LogP contribution in [0.3, 0.4) is 0 Å². The molecule has 0 saturated heterocycles. The van der Waals surface area contributed by atoms with Crippen molar-refractivity contribution < 1.29 is 26.3 Å². The highest BCUT2D eigenvalue weighted by Crippen LogP contribution is 2.55. The van der Waals surface area contributed by atoms with Gasteiger partial charge in [-0.1, -0.05) is 36.4 Å². The maximum atomic E-state index is 15.8. The normalized spacial score (nSPS) is 15.1. The van der Waals surface area contributed by atoms with Crippen LogP contribution in [0.5, 0.6) is 0 Å². The van der Waals surface area contributed by atoms with Gasteiger partial charge < -0.3 is 0 Å². The van der Waals surface area contributed by atoms with Crippen LogP contribution in [0, 0.1) is 27.7 Å². The monoisotopic (exact) mass is 360 g/mol. The molecule has 0 fully saturated rings. The van der Waals surface area contributed by atoms with E-state index in [9.17, 15) is 22.0 Å². The number of rotatable bonds is 3. The van der Waals surface area contributed by atoms with Crippen molar-refractivity contribution in [2.24, 2.45) is 0 Å². The summed E-state index contributed by atoms with van der Waals surface area (Å²) in [5, 5.41) is 0. The van der Waals surface area contributed by atoms with Crippen molar-refractivity contribution in [1.29, 1.82) is 0 Å². The zero-order valence-corrected chi connectivity index (χ0v) is 14.2. The fourth-order valence-electron chi connectivity index (χ4n) is 2.78. The van der Waals surface area contributed by atoms with Crippen molar-refractivity contribution >= 4 is 0 Å². The summed E-state index contributed by atoms with van der Waals surface area (Å²) in [7, 11) is 0. The van der Waals surface area contributed by atoms with E-state index in [2.05, 4.69) is 0 Å². The summed E-state index contributed by atoms with van der Waals surface area (Å²) in [6.07, 6.45) is -6.04. The van der Waals surface area contributed by atoms with E-state index in [1.54, 1.807) is 6.92 Å². The summed E-state index contributed by atoms with van der Waals surface area (Å²) < 4.78 is 84.0. The second kappa shape index (κ2) is 6.07. The Bertz CT molecular complexity index is 791. The van der Waals surface area contributed by atoms with Gasteiger partial charge in [-0.15, -0.1) is 0 Å². The maximum absolute atomic E-state index is 15.8. The van der Waals surface area contributed by atoms with Gasteiger partial charge in [-0.25, -0.2) is 4.39 Å². The van der Waals surface area contributed by atoms with Gasteiger partial charge in [0.1, 0.15) is 0 Å². The first kappa shape index (κ1) is 19.3. The molecule has 136 valence electrons. The van der Waals surface area contributed by atoms with Gasteiger partial charge in [-0.2, -0.15) is 22.0 Å². The zero-order chi connectivity index (χ0) is 19.2. The average molecular weight is 360 g/mol. The Morgan fingerprint density at radius 3 is 1.80 bits per heavy atom. The lowest BCUT2D eigenvalue weighted by Gasteiger charge is -2.36. The number of hydrogen-bond donors (Lipinski definition) is 0. The maximum Gasteiger partial charge on any atom is 0.457 e. The summed E-state index contributed by atoms with van der Waals surface area (Å²) >= 11 is 0. The Labute approximate surface area is 142 Å². The van der Waals surface area contributed by atoms with Crippen LogP contribution >= 0.6 is 0 Å². The molecule has 2 rings (SSSR count). The van der Waals surface area contributed by atoms with E-state index < -0.39 is 28.9 Å². The van der Waals surface area contributed by atoms with Crippen LogP contribution in [0.1, 0.15) is 33.4 Å². The van der Waals surface area contributed by atoms with Gasteiger partial charge in [0, 0.05) is 11.1 Å². The molecular formula is C19H18F6. The first-order valence-electron chi connectivity index (χ1n) is 7.62. The predicted molar refractivity (Wildman–Crippen MR) is 84.7 cm³/mol. The van der Waals surface area contributed by atoms with Gasteiger partial charge in [0.05, 0.1) is 0 Å². The quantitative estimate of drug-likeness (QED) is 0.561. The van der Waals surface area contributed by atoms with Gasteiger partial charge in [0.15, 0.2) is 0 Å². The number of benzene rings is 2. The second-order valence-corrected chi connectivity index (χ2v) is 6.28. The highest BCUT2D eigenvalue weighted by atomic mass is 19.4. The van der Waals surface area contributed by atoms with Crippen LogP contribution in [-0.2, 0) is 5.67 Å². The number of alkyl halides is 6. The van der Waals surface area contributed by atoms with E-state index >= 15 is 4.39 Å². The molecule has 0 saturated carbocycles. The van der Waals surface area contributed by atoms with E-state index in [4.69, 9.17) is 0 Å². The third kappa shape index (κ3) is 2.92. The van der Waals surface area contributed by atoms with Crippen LogP contribution < -0.4 is 0 Å². The molecule has 2 aromatic rings. The molecule has 0 radical (unpaired) electrons. The van der Waals surface area contributed by atoms with Crippen LogP contribution in [0.4, 0.5) is 26.3 Å². The summed E-state index contributed by atoms with van der Waals surface area (Å²) in [6.45, 7) is 6.07. The minimum atomic E-state index is -6.04. The summed E-state index contributed by atoms with van der Waals surface area (Å²) in [4.78, 5) is 0. The fraction of sp³-hybridized carbons (Fsp3) is 0.368. The molecule has 1 unspecified atom stereocenters. The molecule has 0 aliphatic rings. The molecule has 2 aromatic carbocycles. The third-order valence-electron chi connectivity index (χ3n) is 4.67. The largest absolute Gasteiger partial charge is 0.457 e. The molecule has 0 N–H and O–H groups in total. The Hall–Kier alpha value is -1.98. The Kier molecular flexibility index (Phi) is 4.70. The van der Waals surface area contributed by atoms with Crippen molar-refractivity contribution in [3.8, 4) is 0 Å². The standard InChI is InChI=1S/C19H18F6/c1-11-8-9-15(10-13(11)3)17(20,18(21,22)19(23,24)25)16-7-5-6-12(2)14(16)4/h5-10H,1-4H3. The smallest absolute Gasteiger partial charge is 0.226 e. The van der Waals surface area contributed by atoms with Crippen LogP contribution in [0.25, 0.3) is 0 Å². The van der Waals surface area contributed by atoms with Gasteiger partial charge in [0.25, 0.3) is 0 Å². The SMILES string of the molecule is Cc1ccc(C(F)(c2cccc(C)c2C)C(F)(F)C(F)(F)F)cc1C. The minimum Gasteiger partial charge on any atom is -0.226 e. The molecule has 0 amide bonds. The Morgan fingerprint density at radius 1 is 0.680 bits per heavy atom. The van der Waals surface area contributed by atoms with E-state index in [0.29, 0.717) is 16.7 Å². The molecule has 0 bridgehead atoms.